The van der Waals surface area contributed by atoms with Gasteiger partial charge in [0.1, 0.15) is 0 Å². The van der Waals surface area contributed by atoms with Gasteiger partial charge in [0.05, 0.1) is 53.2 Å². The van der Waals surface area contributed by atoms with Crippen molar-refractivity contribution in [1.82, 2.24) is 0 Å². The van der Waals surface area contributed by atoms with E-state index in [9.17, 15) is 9.59 Å². The first kappa shape index (κ1) is 35.9. The number of esters is 2. The molecule has 0 aliphatic heterocycles. The van der Waals surface area contributed by atoms with Gasteiger partial charge in [0.2, 0.25) is 0 Å². The van der Waals surface area contributed by atoms with E-state index in [0.717, 1.165) is 25.7 Å². The monoisotopic (exact) mass is 526 g/mol. The van der Waals surface area contributed by atoms with Crippen LogP contribution in [0, 0.1) is 0 Å². The Balaban J connectivity index is 3.57. The molecule has 0 aliphatic rings. The van der Waals surface area contributed by atoms with Crippen LogP contribution in [0.4, 0.5) is 0 Å². The van der Waals surface area contributed by atoms with Crippen LogP contribution in [-0.4, -0.2) is 56.8 Å². The second-order valence-electron chi connectivity index (χ2n) is 11.7. The first-order valence-corrected chi connectivity index (χ1v) is 16.0. The fourth-order valence-corrected chi connectivity index (χ4v) is 4.60. The van der Waals surface area contributed by atoms with Gasteiger partial charge in [0.25, 0.3) is 0 Å². The van der Waals surface area contributed by atoms with E-state index in [-0.39, 0.29) is 11.9 Å². The molecule has 5 heteroatoms. The van der Waals surface area contributed by atoms with Crippen molar-refractivity contribution < 1.29 is 23.5 Å². The van der Waals surface area contributed by atoms with Crippen molar-refractivity contribution >= 4 is 11.9 Å². The van der Waals surface area contributed by atoms with Crippen molar-refractivity contribution in [2.24, 2.45) is 0 Å². The molecule has 0 radical (unpaired) electrons. The molecule has 0 rings (SSSR count). The van der Waals surface area contributed by atoms with Gasteiger partial charge in [-0.15, -0.1) is 0 Å². The average molecular weight is 527 g/mol. The molecule has 0 saturated heterocycles. The minimum Gasteiger partial charge on any atom is -0.466 e. The lowest BCUT2D eigenvalue weighted by atomic mass is 10.1. The van der Waals surface area contributed by atoms with Crippen molar-refractivity contribution in [3.8, 4) is 0 Å². The number of hydrogen-bond donors (Lipinski definition) is 0. The van der Waals surface area contributed by atoms with Crippen LogP contribution < -0.4 is 0 Å². The topological polar surface area (TPSA) is 52.6 Å². The Hall–Kier alpha value is -1.10. The molecule has 0 fully saturated rings. The summed E-state index contributed by atoms with van der Waals surface area (Å²) >= 11 is 0. The van der Waals surface area contributed by atoms with E-state index in [1.165, 1.54) is 103 Å². The summed E-state index contributed by atoms with van der Waals surface area (Å²) in [6, 6.07) is 0. The minimum atomic E-state index is -0.120. The van der Waals surface area contributed by atoms with E-state index in [1.807, 2.05) is 0 Å². The van der Waals surface area contributed by atoms with Crippen molar-refractivity contribution in [2.45, 2.75) is 155 Å². The largest absolute Gasteiger partial charge is 0.466 e. The fraction of sp³-hybridized carbons (Fsp3) is 0.938. The van der Waals surface area contributed by atoms with Crippen molar-refractivity contribution in [3.05, 3.63) is 0 Å². The van der Waals surface area contributed by atoms with Gasteiger partial charge in [-0.1, -0.05) is 129 Å². The van der Waals surface area contributed by atoms with Gasteiger partial charge in [-0.3, -0.25) is 9.59 Å². The van der Waals surface area contributed by atoms with E-state index < -0.39 is 0 Å². The third-order valence-corrected chi connectivity index (χ3v) is 7.36. The quantitative estimate of drug-likeness (QED) is 0.0581. The molecule has 5 nitrogen and oxygen atoms in total. The zero-order valence-corrected chi connectivity index (χ0v) is 25.5. The maximum absolute atomic E-state index is 12.1. The van der Waals surface area contributed by atoms with Crippen molar-refractivity contribution in [2.75, 3.05) is 40.4 Å². The Morgan fingerprint density at radius 1 is 0.459 bits per heavy atom. The number of carbonyl (C=O) groups excluding carboxylic acids is 2. The fourth-order valence-electron chi connectivity index (χ4n) is 4.60. The van der Waals surface area contributed by atoms with Crippen LogP contribution in [0.15, 0.2) is 0 Å². The lowest BCUT2D eigenvalue weighted by molar-refractivity contribution is -0.889. The first-order valence-electron chi connectivity index (χ1n) is 16.0. The van der Waals surface area contributed by atoms with Crippen LogP contribution in [0.3, 0.4) is 0 Å². The summed E-state index contributed by atoms with van der Waals surface area (Å²) in [6.07, 6.45) is 26.4. The maximum atomic E-state index is 12.1. The highest BCUT2D eigenvalue weighted by molar-refractivity contribution is 5.70. The summed E-state index contributed by atoms with van der Waals surface area (Å²) in [7, 11) is 4.12. The van der Waals surface area contributed by atoms with Gasteiger partial charge in [0, 0.05) is 0 Å². The van der Waals surface area contributed by atoms with Crippen LogP contribution in [-0.2, 0) is 19.1 Å². The van der Waals surface area contributed by atoms with Crippen LogP contribution in [0.5, 0.6) is 0 Å². The summed E-state index contributed by atoms with van der Waals surface area (Å²) in [5.41, 5.74) is 0. The zero-order chi connectivity index (χ0) is 27.5. The second kappa shape index (κ2) is 26.5. The smallest absolute Gasteiger partial charge is 0.311 e. The number of quaternary nitrogens is 1. The lowest BCUT2D eigenvalue weighted by Gasteiger charge is -2.29. The zero-order valence-electron chi connectivity index (χ0n) is 25.5. The molecule has 220 valence electrons. The summed E-state index contributed by atoms with van der Waals surface area (Å²) in [5.74, 6) is -0.240. The van der Waals surface area contributed by atoms with Crippen molar-refractivity contribution in [3.63, 3.8) is 0 Å². The third-order valence-electron chi connectivity index (χ3n) is 7.36. The standard InChI is InChI=1S/C32H64NO4/c1-5-7-9-11-13-15-17-19-21-23-29-36-31(34)25-27-33(3,4)28-26-32(35)37-30-24-22-20-18-16-14-12-10-8-6-2/h5-30H2,1-4H3/q+1. The van der Waals surface area contributed by atoms with E-state index in [4.69, 9.17) is 9.47 Å². The predicted octanol–water partition coefficient (Wildman–Crippen LogP) is 8.77. The van der Waals surface area contributed by atoms with Gasteiger partial charge < -0.3 is 14.0 Å². The maximum Gasteiger partial charge on any atom is 0.311 e. The SMILES string of the molecule is CCCCCCCCCCCCOC(=O)CC[N+](C)(C)CCC(=O)OCCCCCCCCCCCC. The number of hydrogen-bond acceptors (Lipinski definition) is 4. The predicted molar refractivity (Wildman–Crippen MR) is 157 cm³/mol. The number of carbonyl (C=O) groups is 2. The number of nitrogens with zero attached hydrogens (tertiary/aromatic N) is 1. The van der Waals surface area contributed by atoms with E-state index in [2.05, 4.69) is 27.9 Å². The molecule has 0 spiro atoms. The van der Waals surface area contributed by atoms with E-state index in [0.29, 0.717) is 43.6 Å². The van der Waals surface area contributed by atoms with Crippen LogP contribution in [0.1, 0.15) is 155 Å². The van der Waals surface area contributed by atoms with Crippen LogP contribution in [0.25, 0.3) is 0 Å². The van der Waals surface area contributed by atoms with Gasteiger partial charge in [-0.05, 0) is 12.8 Å². The Morgan fingerprint density at radius 3 is 1.03 bits per heavy atom. The average Bonchev–Trinajstić information content (AvgIpc) is 2.88. The second-order valence-corrected chi connectivity index (χ2v) is 11.7. The third kappa shape index (κ3) is 27.7. The van der Waals surface area contributed by atoms with E-state index in [1.54, 1.807) is 0 Å². The molecule has 0 aromatic carbocycles. The molecule has 0 aromatic rings. The molecule has 0 aliphatic carbocycles. The summed E-state index contributed by atoms with van der Waals surface area (Å²) in [4.78, 5) is 24.2. The van der Waals surface area contributed by atoms with E-state index >= 15 is 0 Å². The molecule has 0 bridgehead atoms. The molecule has 0 heterocycles. The number of ether oxygens (including phenoxy) is 2. The number of unbranched alkanes of at least 4 members (excludes halogenated alkanes) is 18. The molecule has 0 N–H and O–H groups in total. The lowest BCUT2D eigenvalue weighted by Crippen LogP contribution is -2.43. The highest BCUT2D eigenvalue weighted by atomic mass is 16.5. The molecular formula is C32H64NO4+. The van der Waals surface area contributed by atoms with Gasteiger partial charge >= 0.3 is 11.9 Å². The molecule has 37 heavy (non-hydrogen) atoms. The summed E-state index contributed by atoms with van der Waals surface area (Å²) in [5, 5.41) is 0. The van der Waals surface area contributed by atoms with Gasteiger partial charge in [-0.25, -0.2) is 0 Å². The normalized spacial score (nSPS) is 11.6. The Morgan fingerprint density at radius 2 is 0.730 bits per heavy atom. The molecule has 0 atom stereocenters. The molecule has 0 saturated carbocycles. The molecule has 0 amide bonds. The van der Waals surface area contributed by atoms with Crippen LogP contribution in [0.2, 0.25) is 0 Å². The van der Waals surface area contributed by atoms with Crippen molar-refractivity contribution in [1.29, 1.82) is 0 Å². The van der Waals surface area contributed by atoms with Gasteiger partial charge in [-0.2, -0.15) is 0 Å². The minimum absolute atomic E-state index is 0.120. The highest BCUT2D eigenvalue weighted by Crippen LogP contribution is 2.12. The van der Waals surface area contributed by atoms with Crippen LogP contribution >= 0.6 is 0 Å². The molecular weight excluding hydrogens is 462 g/mol. The molecule has 0 unspecified atom stereocenters. The Labute approximate surface area is 231 Å². The first-order chi connectivity index (χ1) is 17.9. The summed E-state index contributed by atoms with van der Waals surface area (Å²) in [6.45, 7) is 6.95. The Kier molecular flexibility index (Phi) is 25.7. The highest BCUT2D eigenvalue weighted by Gasteiger charge is 2.19. The summed E-state index contributed by atoms with van der Waals surface area (Å²) < 4.78 is 11.5. The van der Waals surface area contributed by atoms with Gasteiger partial charge in [0.15, 0.2) is 0 Å². The Bertz CT molecular complexity index is 477. The number of rotatable bonds is 28. The molecule has 0 aromatic heterocycles.